The molecule has 4 aromatic rings. The van der Waals surface area contributed by atoms with Crippen molar-refractivity contribution >= 4 is 22.7 Å². The first kappa shape index (κ1) is 20.5. The van der Waals surface area contributed by atoms with E-state index in [-0.39, 0.29) is 11.8 Å². The van der Waals surface area contributed by atoms with Crippen molar-refractivity contribution < 1.29 is 9.21 Å². The van der Waals surface area contributed by atoms with E-state index in [0.717, 1.165) is 70.4 Å². The monoisotopic (exact) mass is 428 g/mol. The molecule has 6 nitrogen and oxygen atoms in total. The van der Waals surface area contributed by atoms with E-state index < -0.39 is 0 Å². The molecule has 1 saturated carbocycles. The number of amides is 1. The number of aromatic nitrogens is 3. The van der Waals surface area contributed by atoms with E-state index in [0.29, 0.717) is 11.8 Å². The fraction of sp³-hybridized carbons (Fsp3) is 0.346. The van der Waals surface area contributed by atoms with E-state index in [4.69, 9.17) is 9.40 Å². The Kier molecular flexibility index (Phi) is 5.29. The summed E-state index contributed by atoms with van der Waals surface area (Å²) in [5.41, 5.74) is 7.17. The van der Waals surface area contributed by atoms with Gasteiger partial charge in [-0.25, -0.2) is 4.98 Å². The molecule has 2 N–H and O–H groups in total. The topological polar surface area (TPSA) is 83.8 Å². The summed E-state index contributed by atoms with van der Waals surface area (Å²) >= 11 is 0. The summed E-state index contributed by atoms with van der Waals surface area (Å²) in [6.45, 7) is 6.35. The molecule has 0 spiro atoms. The molecule has 1 aliphatic carbocycles. The Bertz CT molecular complexity index is 1280. The number of hydrogen-bond acceptors (Lipinski definition) is 4. The highest BCUT2D eigenvalue weighted by molar-refractivity contribution is 5.93. The molecule has 2 heterocycles. The number of fused-ring (bicyclic) bond motifs is 1. The van der Waals surface area contributed by atoms with E-state index in [1.54, 1.807) is 0 Å². The maximum absolute atomic E-state index is 12.6. The van der Waals surface area contributed by atoms with Crippen molar-refractivity contribution in [3.63, 3.8) is 0 Å². The number of aryl methyl sites for hydroxylation is 1. The maximum Gasteiger partial charge on any atom is 0.231 e. The molecule has 1 amide bonds. The fourth-order valence-corrected chi connectivity index (χ4v) is 4.57. The van der Waals surface area contributed by atoms with Gasteiger partial charge < -0.3 is 9.73 Å². The van der Waals surface area contributed by atoms with Crippen LogP contribution in [0.5, 0.6) is 0 Å². The number of anilines is 1. The Labute approximate surface area is 187 Å². The number of nitrogens with one attached hydrogen (secondary N) is 2. The van der Waals surface area contributed by atoms with Gasteiger partial charge in [-0.05, 0) is 48.9 Å². The van der Waals surface area contributed by atoms with Crippen molar-refractivity contribution in [2.45, 2.75) is 52.4 Å². The van der Waals surface area contributed by atoms with E-state index in [2.05, 4.69) is 41.5 Å². The lowest BCUT2D eigenvalue weighted by molar-refractivity contribution is -0.119. The van der Waals surface area contributed by atoms with Crippen molar-refractivity contribution in [2.24, 2.45) is 5.92 Å². The van der Waals surface area contributed by atoms with Gasteiger partial charge in [0.2, 0.25) is 11.8 Å². The van der Waals surface area contributed by atoms with Crippen LogP contribution in [0.25, 0.3) is 33.8 Å². The van der Waals surface area contributed by atoms with Gasteiger partial charge in [-0.3, -0.25) is 9.89 Å². The average Bonchev–Trinajstić information content (AvgIpc) is 3.54. The molecule has 0 unspecified atom stereocenters. The lowest BCUT2D eigenvalue weighted by atomic mass is 10.0. The Morgan fingerprint density at radius 2 is 2.00 bits per heavy atom. The normalized spacial score (nSPS) is 14.5. The van der Waals surface area contributed by atoms with Gasteiger partial charge in [-0.1, -0.05) is 51.0 Å². The molecule has 0 aliphatic heterocycles. The smallest absolute Gasteiger partial charge is 0.231 e. The number of H-pyrrole nitrogens is 1. The SMILES string of the molecule is Cc1ccc(C(C)C)c2oc(-c3c[nH]nc3-c3cccc(NC(=O)C4CCCC4)c3)nc12. The van der Waals surface area contributed by atoms with Gasteiger partial charge in [0, 0.05) is 23.4 Å². The number of benzene rings is 2. The zero-order valence-electron chi connectivity index (χ0n) is 18.7. The second-order valence-electron chi connectivity index (χ2n) is 9.02. The zero-order chi connectivity index (χ0) is 22.2. The number of carbonyl (C=O) groups is 1. The largest absolute Gasteiger partial charge is 0.436 e. The fourth-order valence-electron chi connectivity index (χ4n) is 4.57. The average molecular weight is 429 g/mol. The zero-order valence-corrected chi connectivity index (χ0v) is 18.7. The molecule has 0 bridgehead atoms. The van der Waals surface area contributed by atoms with Crippen LogP contribution in [-0.2, 0) is 4.79 Å². The number of rotatable bonds is 5. The predicted octanol–water partition coefficient (Wildman–Crippen LogP) is 6.45. The van der Waals surface area contributed by atoms with Crippen molar-refractivity contribution in [3.05, 3.63) is 53.7 Å². The third-order valence-electron chi connectivity index (χ3n) is 6.40. The maximum atomic E-state index is 12.6. The Morgan fingerprint density at radius 3 is 2.78 bits per heavy atom. The third kappa shape index (κ3) is 3.70. The first-order valence-corrected chi connectivity index (χ1v) is 11.4. The molecular weight excluding hydrogens is 400 g/mol. The molecule has 1 fully saturated rings. The summed E-state index contributed by atoms with van der Waals surface area (Å²) in [7, 11) is 0. The van der Waals surface area contributed by atoms with Crippen molar-refractivity contribution in [1.29, 1.82) is 0 Å². The molecule has 164 valence electrons. The van der Waals surface area contributed by atoms with Gasteiger partial charge in [0.25, 0.3) is 0 Å². The van der Waals surface area contributed by atoms with Crippen LogP contribution < -0.4 is 5.32 Å². The van der Waals surface area contributed by atoms with Crippen LogP contribution in [0.3, 0.4) is 0 Å². The van der Waals surface area contributed by atoms with Crippen LogP contribution in [0.1, 0.15) is 56.6 Å². The molecule has 0 radical (unpaired) electrons. The molecule has 32 heavy (non-hydrogen) atoms. The van der Waals surface area contributed by atoms with Crippen molar-refractivity contribution in [1.82, 2.24) is 15.2 Å². The third-order valence-corrected chi connectivity index (χ3v) is 6.40. The molecule has 6 heteroatoms. The van der Waals surface area contributed by atoms with E-state index in [1.165, 1.54) is 0 Å². The quantitative estimate of drug-likeness (QED) is 0.383. The van der Waals surface area contributed by atoms with Gasteiger partial charge in [0.05, 0.1) is 5.56 Å². The van der Waals surface area contributed by atoms with Crippen LogP contribution in [0, 0.1) is 12.8 Å². The Balaban J connectivity index is 1.50. The summed E-state index contributed by atoms with van der Waals surface area (Å²) in [5, 5.41) is 10.5. The van der Waals surface area contributed by atoms with E-state index in [9.17, 15) is 4.79 Å². The second-order valence-corrected chi connectivity index (χ2v) is 9.02. The number of hydrogen-bond donors (Lipinski definition) is 2. The van der Waals surface area contributed by atoms with Crippen molar-refractivity contribution in [3.8, 4) is 22.7 Å². The van der Waals surface area contributed by atoms with E-state index >= 15 is 0 Å². The number of aromatic amines is 1. The van der Waals surface area contributed by atoms with Gasteiger partial charge in [-0.2, -0.15) is 5.10 Å². The summed E-state index contributed by atoms with van der Waals surface area (Å²) in [5.74, 6) is 1.11. The standard InChI is InChI=1S/C26H28N4O2/c1-15(2)20-12-11-16(3)22-24(20)32-26(29-22)21-14-27-30-23(21)18-9-6-10-19(13-18)28-25(31)17-7-4-5-8-17/h6,9-15,17H,4-5,7-8H2,1-3H3,(H,27,30)(H,28,31). The highest BCUT2D eigenvalue weighted by Crippen LogP contribution is 2.36. The van der Waals surface area contributed by atoms with Crippen LogP contribution >= 0.6 is 0 Å². The van der Waals surface area contributed by atoms with Gasteiger partial charge in [0.15, 0.2) is 5.58 Å². The first-order valence-electron chi connectivity index (χ1n) is 11.4. The highest BCUT2D eigenvalue weighted by atomic mass is 16.3. The summed E-state index contributed by atoms with van der Waals surface area (Å²) in [4.78, 5) is 17.4. The van der Waals surface area contributed by atoms with Crippen LogP contribution in [-0.4, -0.2) is 21.1 Å². The number of carbonyl (C=O) groups excluding carboxylic acids is 1. The summed E-state index contributed by atoms with van der Waals surface area (Å²) in [6.07, 6.45) is 6.04. The van der Waals surface area contributed by atoms with Crippen molar-refractivity contribution in [2.75, 3.05) is 5.32 Å². The molecule has 0 atom stereocenters. The lowest BCUT2D eigenvalue weighted by Gasteiger charge is -2.11. The molecular formula is C26H28N4O2. The minimum absolute atomic E-state index is 0.109. The summed E-state index contributed by atoms with van der Waals surface area (Å²) < 4.78 is 6.27. The Morgan fingerprint density at radius 1 is 1.19 bits per heavy atom. The van der Waals surface area contributed by atoms with Gasteiger partial charge in [-0.15, -0.1) is 0 Å². The first-order chi connectivity index (χ1) is 15.5. The van der Waals surface area contributed by atoms with Crippen LogP contribution in [0.15, 0.2) is 47.0 Å². The molecule has 0 saturated heterocycles. The minimum Gasteiger partial charge on any atom is -0.436 e. The molecule has 2 aromatic carbocycles. The van der Waals surface area contributed by atoms with Crippen LogP contribution in [0.2, 0.25) is 0 Å². The number of nitrogens with zero attached hydrogens (tertiary/aromatic N) is 2. The van der Waals surface area contributed by atoms with Crippen LogP contribution in [0.4, 0.5) is 5.69 Å². The van der Waals surface area contributed by atoms with Gasteiger partial charge >= 0.3 is 0 Å². The second kappa shape index (κ2) is 8.26. The molecule has 5 rings (SSSR count). The van der Waals surface area contributed by atoms with Gasteiger partial charge in [0.1, 0.15) is 11.2 Å². The number of oxazole rings is 1. The molecule has 2 aromatic heterocycles. The molecule has 1 aliphatic rings. The minimum atomic E-state index is 0.109. The Hall–Kier alpha value is -3.41. The summed E-state index contributed by atoms with van der Waals surface area (Å²) in [6, 6.07) is 12.0. The van der Waals surface area contributed by atoms with E-state index in [1.807, 2.05) is 37.4 Å². The highest BCUT2D eigenvalue weighted by Gasteiger charge is 2.23. The predicted molar refractivity (Wildman–Crippen MR) is 126 cm³/mol. The lowest BCUT2D eigenvalue weighted by Crippen LogP contribution is -2.20.